The fourth-order valence-electron chi connectivity index (χ4n) is 8.64. The van der Waals surface area contributed by atoms with Crippen molar-refractivity contribution in [2.75, 3.05) is 0 Å². The predicted octanol–water partition coefficient (Wildman–Crippen LogP) is 24.4. The third-order valence-electron chi connectivity index (χ3n) is 14.5. The van der Waals surface area contributed by atoms with Crippen LogP contribution in [0, 0.1) is 102 Å². The van der Waals surface area contributed by atoms with Crippen molar-refractivity contribution in [3.05, 3.63) is 356 Å². The van der Waals surface area contributed by atoms with Gasteiger partial charge in [-0.1, -0.05) is 317 Å². The van der Waals surface area contributed by atoms with E-state index in [1.54, 1.807) is 13.0 Å². The normalized spacial score (nSPS) is 10.1. The van der Waals surface area contributed by atoms with Gasteiger partial charge in [0.15, 0.2) is 0 Å². The van der Waals surface area contributed by atoms with Crippen molar-refractivity contribution in [1.82, 2.24) is 0 Å². The molecule has 0 fully saturated rings. The van der Waals surface area contributed by atoms with Gasteiger partial charge in [-0.05, 0) is 177 Å². The predicted molar refractivity (Wildman–Crippen MR) is 376 cm³/mol. The topological polar surface area (TPSA) is 0 Å². The summed E-state index contributed by atoms with van der Waals surface area (Å²) in [6.07, 6.45) is 1.21. The molecule has 0 nitrogen and oxygen atoms in total. The van der Waals surface area contributed by atoms with E-state index in [0.717, 1.165) is 12.1 Å². The van der Waals surface area contributed by atoms with Crippen LogP contribution >= 0.6 is 0 Å². The Bertz CT molecular complexity index is 3720. The number of benzene rings is 11. The molecule has 0 aliphatic rings. The molecular weight excluding hydrogens is 1080 g/mol. The number of rotatable bonds is 4. The van der Waals surface area contributed by atoms with Crippen LogP contribution in [0.2, 0.25) is 0 Å². The van der Waals surface area contributed by atoms with E-state index in [-0.39, 0.29) is 5.41 Å². The molecule has 0 saturated heterocycles. The lowest BCUT2D eigenvalue weighted by molar-refractivity contribution is -0.137. The summed E-state index contributed by atoms with van der Waals surface area (Å²) in [5.41, 5.74) is 24.9. The van der Waals surface area contributed by atoms with Crippen LogP contribution in [0.3, 0.4) is 0 Å². The molecule has 0 aromatic heterocycles. The Morgan fingerprint density at radius 3 is 0.955 bits per heavy atom. The lowest BCUT2D eigenvalue weighted by Gasteiger charge is -2.17. The first kappa shape index (κ1) is 71.3. The first-order valence-corrected chi connectivity index (χ1v) is 30.0. The van der Waals surface area contributed by atoms with Gasteiger partial charge in [-0.15, -0.1) is 6.42 Å². The molecule has 0 aliphatic heterocycles. The molecule has 0 unspecified atom stereocenters. The van der Waals surface area contributed by atoms with Gasteiger partial charge < -0.3 is 0 Å². The number of alkyl halides is 3. The summed E-state index contributed by atoms with van der Waals surface area (Å²) in [4.78, 5) is 0. The van der Waals surface area contributed by atoms with Gasteiger partial charge in [-0.25, -0.2) is 0 Å². The van der Waals surface area contributed by atoms with Crippen molar-refractivity contribution in [3.63, 3.8) is 0 Å². The lowest BCUT2D eigenvalue weighted by atomic mass is 9.85. The monoisotopic (exact) mass is 1170 g/mol. The summed E-state index contributed by atoms with van der Waals surface area (Å²) < 4.78 is 35.9. The Morgan fingerprint density at radius 1 is 0.250 bits per heavy atom. The quantitative estimate of drug-likeness (QED) is 0.154. The standard InChI is InChI=1S/3C13H12.C12H14.2C9H12.C8H7F3.C8H10/c1-11-7-5-6-10-13(11)12-8-3-2-4-9-12;1-11-6-5-9-13(10-11)12-7-3-2-4-8-12;1-11-7-9-13(10-8-11)12-5-3-2-4-6-12;1-5-12(3,4)11-8-6-10(2)7-9-11;2*1-7-4-5-8(2)9(3)6-7;1-6-3-2-4-7(5-6)8(9,10)11;1-7-3-5-8(2)6-4-7/h3*2-10H,1H3;1,6-9H,2-4H3;2*4-6H,1-3H3;2-5H,1H3;3-6H,1-2H3. The highest BCUT2D eigenvalue weighted by Crippen LogP contribution is 2.29. The fourth-order valence-corrected chi connectivity index (χ4v) is 8.64. The van der Waals surface area contributed by atoms with Crippen LogP contribution in [0.1, 0.15) is 97.3 Å². The Hall–Kier alpha value is -9.23. The SMILES string of the molecule is C#CC(C)(C)c1ccc(C)cc1.Cc1ccc(-c2ccccc2)cc1.Cc1ccc(C)c(C)c1.Cc1ccc(C)c(C)c1.Cc1ccc(C)cc1.Cc1cccc(-c2ccccc2)c1.Cc1cccc(C(F)(F)F)c1.Cc1ccccc1-c1ccccc1. The lowest BCUT2D eigenvalue weighted by Crippen LogP contribution is -2.13. The number of terminal acetylenes is 1. The third-order valence-corrected chi connectivity index (χ3v) is 14.5. The number of hydrogen-bond acceptors (Lipinski definition) is 0. The number of halogens is 3. The van der Waals surface area contributed by atoms with Crippen LogP contribution in [0.5, 0.6) is 0 Å². The molecule has 0 bridgehead atoms. The van der Waals surface area contributed by atoms with E-state index >= 15 is 0 Å². The van der Waals surface area contributed by atoms with Gasteiger partial charge in [0.1, 0.15) is 0 Å². The van der Waals surface area contributed by atoms with Gasteiger partial charge in [-0.3, -0.25) is 0 Å². The van der Waals surface area contributed by atoms with E-state index in [9.17, 15) is 13.2 Å². The Labute approximate surface area is 527 Å². The third kappa shape index (κ3) is 26.6. The maximum Gasteiger partial charge on any atom is 0.416 e. The average Bonchev–Trinajstić information content (AvgIpc) is 3.52. The summed E-state index contributed by atoms with van der Waals surface area (Å²) in [6.45, 7) is 31.2. The van der Waals surface area contributed by atoms with E-state index in [2.05, 4.69) is 333 Å². The Balaban J connectivity index is 0.000000216. The van der Waals surface area contributed by atoms with E-state index in [0.29, 0.717) is 5.56 Å². The number of hydrogen-bond donors (Lipinski definition) is 0. The smallest absolute Gasteiger partial charge is 0.166 e. The fraction of sp³-hybridized carbons (Fsp3) is 0.200. The Kier molecular flexibility index (Phi) is 29.7. The summed E-state index contributed by atoms with van der Waals surface area (Å²) in [6, 6.07) is 92.0. The van der Waals surface area contributed by atoms with Gasteiger partial charge in [-0.2, -0.15) is 13.2 Å². The van der Waals surface area contributed by atoms with E-state index < -0.39 is 11.7 Å². The molecule has 0 spiro atoms. The summed E-state index contributed by atoms with van der Waals surface area (Å²) in [5, 5.41) is 0. The first-order valence-electron chi connectivity index (χ1n) is 30.0. The molecule has 11 aromatic carbocycles. The van der Waals surface area contributed by atoms with Crippen LogP contribution in [0.15, 0.2) is 273 Å². The highest BCUT2D eigenvalue weighted by molar-refractivity contribution is 5.67. The minimum Gasteiger partial charge on any atom is -0.166 e. The minimum atomic E-state index is -4.22. The largest absolute Gasteiger partial charge is 0.416 e. The molecule has 0 aliphatic carbocycles. The van der Waals surface area contributed by atoms with E-state index in [1.807, 2.05) is 18.2 Å². The van der Waals surface area contributed by atoms with Gasteiger partial charge >= 0.3 is 6.18 Å². The highest BCUT2D eigenvalue weighted by atomic mass is 19.4. The van der Waals surface area contributed by atoms with Crippen LogP contribution in [-0.2, 0) is 11.6 Å². The van der Waals surface area contributed by atoms with Gasteiger partial charge in [0.25, 0.3) is 0 Å². The molecule has 0 amide bonds. The Morgan fingerprint density at radius 2 is 0.580 bits per heavy atom. The molecule has 0 heterocycles. The van der Waals surface area contributed by atoms with Crippen LogP contribution in [0.4, 0.5) is 13.2 Å². The van der Waals surface area contributed by atoms with E-state index in [4.69, 9.17) is 6.42 Å². The molecule has 0 atom stereocenters. The van der Waals surface area contributed by atoms with Crippen molar-refractivity contribution in [3.8, 4) is 45.7 Å². The molecule has 3 heteroatoms. The molecule has 11 rings (SSSR count). The molecule has 452 valence electrons. The first-order chi connectivity index (χ1) is 41.8. The van der Waals surface area contributed by atoms with Crippen molar-refractivity contribution in [1.29, 1.82) is 0 Å². The average molecular weight is 1170 g/mol. The molecule has 11 aromatic rings. The maximum atomic E-state index is 12.0. The number of aryl methyl sites for hydroxylation is 13. The molecule has 0 N–H and O–H groups in total. The zero-order valence-corrected chi connectivity index (χ0v) is 54.7. The second-order valence-electron chi connectivity index (χ2n) is 23.0. The van der Waals surface area contributed by atoms with Crippen LogP contribution in [0.25, 0.3) is 33.4 Å². The van der Waals surface area contributed by atoms with Crippen molar-refractivity contribution in [2.24, 2.45) is 0 Å². The second kappa shape index (κ2) is 36.7. The van der Waals surface area contributed by atoms with Gasteiger partial charge in [0.05, 0.1) is 11.0 Å². The molecule has 0 saturated carbocycles. The van der Waals surface area contributed by atoms with Gasteiger partial charge in [0.2, 0.25) is 0 Å². The van der Waals surface area contributed by atoms with Crippen molar-refractivity contribution < 1.29 is 13.2 Å². The van der Waals surface area contributed by atoms with Crippen molar-refractivity contribution >= 4 is 0 Å². The molecule has 88 heavy (non-hydrogen) atoms. The molecule has 0 radical (unpaired) electrons. The minimum absolute atomic E-state index is 0.145. The maximum absolute atomic E-state index is 12.0. The summed E-state index contributed by atoms with van der Waals surface area (Å²) in [7, 11) is 0. The summed E-state index contributed by atoms with van der Waals surface area (Å²) >= 11 is 0. The highest BCUT2D eigenvalue weighted by Gasteiger charge is 2.30. The molecular formula is C85H91F3. The van der Waals surface area contributed by atoms with Gasteiger partial charge in [0, 0.05) is 0 Å². The summed E-state index contributed by atoms with van der Waals surface area (Å²) in [5.74, 6) is 2.78. The zero-order valence-electron chi connectivity index (χ0n) is 54.7. The zero-order chi connectivity index (χ0) is 64.7. The van der Waals surface area contributed by atoms with E-state index in [1.165, 1.54) is 112 Å². The van der Waals surface area contributed by atoms with Crippen molar-refractivity contribution in [2.45, 2.75) is 115 Å². The van der Waals surface area contributed by atoms with Crippen LogP contribution in [-0.4, -0.2) is 0 Å². The second-order valence-corrected chi connectivity index (χ2v) is 23.0. The van der Waals surface area contributed by atoms with Crippen LogP contribution < -0.4 is 0 Å².